The molecule has 0 aliphatic heterocycles. The van der Waals surface area contributed by atoms with E-state index in [0.717, 1.165) is 0 Å². The van der Waals surface area contributed by atoms with Crippen molar-refractivity contribution in [3.05, 3.63) is 36.7 Å². The molecule has 10 heteroatoms. The lowest BCUT2D eigenvalue weighted by molar-refractivity contribution is -0.129. The topological polar surface area (TPSA) is 122 Å². The minimum atomic E-state index is -0.476. The molecule has 176 valence electrons. The molecular weight excluding hydrogens is 432 g/mol. The van der Waals surface area contributed by atoms with Gasteiger partial charge in [-0.05, 0) is 36.8 Å². The van der Waals surface area contributed by atoms with E-state index in [2.05, 4.69) is 4.98 Å². The van der Waals surface area contributed by atoms with Crippen LogP contribution in [0.2, 0.25) is 0 Å². The molecule has 0 aliphatic carbocycles. The van der Waals surface area contributed by atoms with E-state index < -0.39 is 5.91 Å². The van der Waals surface area contributed by atoms with Crippen LogP contribution in [0.3, 0.4) is 0 Å². The molecule has 0 aliphatic rings. The number of hydrogen-bond acceptors (Lipinski definition) is 9. The molecule has 33 heavy (non-hydrogen) atoms. The van der Waals surface area contributed by atoms with Gasteiger partial charge in [0.05, 0.1) is 35.0 Å². The Morgan fingerprint density at radius 2 is 1.61 bits per heavy atom. The van der Waals surface area contributed by atoms with Crippen LogP contribution in [0, 0.1) is 0 Å². The Morgan fingerprint density at radius 3 is 2.21 bits per heavy atom. The SMILES string of the molecule is COc1ccc(-c2ocnc2-c2cc(OC)c(OC)c(OC)c2)cc1OCCCC(=O)NO. The lowest BCUT2D eigenvalue weighted by atomic mass is 10.0. The number of hydrogen-bond donors (Lipinski definition) is 2. The second kappa shape index (κ2) is 11.1. The van der Waals surface area contributed by atoms with E-state index in [4.69, 9.17) is 33.3 Å². The molecule has 1 aromatic heterocycles. The Kier molecular flexibility index (Phi) is 7.98. The standard InChI is InChI=1S/C23H26N2O8/c1-28-16-8-7-14(10-17(16)32-9-5-6-20(26)25-27)22-21(24-13-33-22)15-11-18(29-2)23(31-4)19(12-15)30-3/h7-8,10-13,27H,5-6,9H2,1-4H3,(H,25,26). The monoisotopic (exact) mass is 458 g/mol. The normalized spacial score (nSPS) is 10.5. The number of nitrogens with zero attached hydrogens (tertiary/aromatic N) is 1. The van der Waals surface area contributed by atoms with Crippen LogP contribution in [0.25, 0.3) is 22.6 Å². The summed E-state index contributed by atoms with van der Waals surface area (Å²) in [5.74, 6) is 2.50. The number of rotatable bonds is 11. The van der Waals surface area contributed by atoms with Crippen LogP contribution >= 0.6 is 0 Å². The van der Waals surface area contributed by atoms with E-state index in [1.165, 1.54) is 20.6 Å². The van der Waals surface area contributed by atoms with Crippen molar-refractivity contribution < 1.29 is 38.1 Å². The Bertz CT molecular complexity index is 1070. The zero-order chi connectivity index (χ0) is 23.8. The molecule has 2 N–H and O–H groups in total. The molecule has 1 heterocycles. The molecule has 0 radical (unpaired) electrons. The summed E-state index contributed by atoms with van der Waals surface area (Å²) in [6, 6.07) is 8.93. The van der Waals surface area contributed by atoms with Crippen molar-refractivity contribution >= 4 is 5.91 Å². The summed E-state index contributed by atoms with van der Waals surface area (Å²) >= 11 is 0. The summed E-state index contributed by atoms with van der Waals surface area (Å²) in [7, 11) is 6.16. The summed E-state index contributed by atoms with van der Waals surface area (Å²) in [6.45, 7) is 0.253. The molecular formula is C23H26N2O8. The largest absolute Gasteiger partial charge is 0.493 e. The van der Waals surface area contributed by atoms with Gasteiger partial charge < -0.3 is 28.1 Å². The molecule has 10 nitrogen and oxygen atoms in total. The van der Waals surface area contributed by atoms with Crippen molar-refractivity contribution in [2.45, 2.75) is 12.8 Å². The van der Waals surface area contributed by atoms with Crippen LogP contribution < -0.4 is 29.2 Å². The van der Waals surface area contributed by atoms with Crippen molar-refractivity contribution in [3.63, 3.8) is 0 Å². The van der Waals surface area contributed by atoms with Crippen LogP contribution in [-0.4, -0.2) is 51.1 Å². The molecule has 0 bridgehead atoms. The van der Waals surface area contributed by atoms with Gasteiger partial charge in [0.1, 0.15) is 5.69 Å². The summed E-state index contributed by atoms with van der Waals surface area (Å²) in [6.07, 6.45) is 1.90. The van der Waals surface area contributed by atoms with E-state index in [9.17, 15) is 4.79 Å². The third kappa shape index (κ3) is 5.29. The number of carbonyl (C=O) groups excluding carboxylic acids is 1. The van der Waals surface area contributed by atoms with Gasteiger partial charge in [0.2, 0.25) is 11.7 Å². The first-order valence-corrected chi connectivity index (χ1v) is 10.0. The Hall–Kier alpha value is -3.92. The van der Waals surface area contributed by atoms with E-state index in [-0.39, 0.29) is 13.0 Å². The van der Waals surface area contributed by atoms with Crippen molar-refractivity contribution in [1.82, 2.24) is 10.5 Å². The van der Waals surface area contributed by atoms with Gasteiger partial charge in [-0.3, -0.25) is 10.0 Å². The highest BCUT2D eigenvalue weighted by Crippen LogP contribution is 2.43. The molecule has 0 atom stereocenters. The van der Waals surface area contributed by atoms with Crippen molar-refractivity contribution in [1.29, 1.82) is 0 Å². The maximum atomic E-state index is 11.2. The number of oxazole rings is 1. The zero-order valence-corrected chi connectivity index (χ0v) is 18.8. The first-order chi connectivity index (χ1) is 16.1. The summed E-state index contributed by atoms with van der Waals surface area (Å²) in [4.78, 5) is 15.6. The predicted molar refractivity (Wildman–Crippen MR) is 118 cm³/mol. The van der Waals surface area contributed by atoms with Gasteiger partial charge in [-0.1, -0.05) is 0 Å². The van der Waals surface area contributed by atoms with Gasteiger partial charge in [0.15, 0.2) is 35.2 Å². The quantitative estimate of drug-likeness (QED) is 0.252. The van der Waals surface area contributed by atoms with Crippen molar-refractivity contribution in [2.75, 3.05) is 35.0 Å². The highest BCUT2D eigenvalue weighted by atomic mass is 16.5. The number of benzene rings is 2. The van der Waals surface area contributed by atoms with Gasteiger partial charge in [0, 0.05) is 17.5 Å². The highest BCUT2D eigenvalue weighted by Gasteiger charge is 2.20. The van der Waals surface area contributed by atoms with Gasteiger partial charge in [-0.15, -0.1) is 0 Å². The lowest BCUT2D eigenvalue weighted by Gasteiger charge is -2.14. The first kappa shape index (κ1) is 23.7. The van der Waals surface area contributed by atoms with Gasteiger partial charge in [-0.25, -0.2) is 10.5 Å². The molecule has 2 aromatic carbocycles. The maximum Gasteiger partial charge on any atom is 0.243 e. The van der Waals surface area contributed by atoms with Gasteiger partial charge >= 0.3 is 0 Å². The molecule has 0 saturated heterocycles. The summed E-state index contributed by atoms with van der Waals surface area (Å²) in [5.41, 5.74) is 3.59. The summed E-state index contributed by atoms with van der Waals surface area (Å²) in [5, 5.41) is 8.59. The number of methoxy groups -OCH3 is 4. The predicted octanol–water partition coefficient (Wildman–Crippen LogP) is 3.71. The second-order valence-electron chi connectivity index (χ2n) is 6.80. The third-order valence-corrected chi connectivity index (χ3v) is 4.86. The number of nitrogens with one attached hydrogen (secondary N) is 1. The molecule has 0 saturated carbocycles. The van der Waals surface area contributed by atoms with E-state index in [1.54, 1.807) is 44.0 Å². The Labute approximate surface area is 191 Å². The van der Waals surface area contributed by atoms with E-state index >= 15 is 0 Å². The molecule has 1 amide bonds. The average molecular weight is 458 g/mol. The molecule has 3 aromatic rings. The first-order valence-electron chi connectivity index (χ1n) is 10.0. The smallest absolute Gasteiger partial charge is 0.243 e. The highest BCUT2D eigenvalue weighted by molar-refractivity contribution is 5.80. The average Bonchev–Trinajstić information content (AvgIpc) is 3.35. The molecule has 0 unspecified atom stereocenters. The summed E-state index contributed by atoms with van der Waals surface area (Å²) < 4.78 is 33.2. The number of ether oxygens (including phenoxy) is 5. The van der Waals surface area contributed by atoms with Crippen molar-refractivity contribution in [2.24, 2.45) is 0 Å². The fraction of sp³-hybridized carbons (Fsp3) is 0.304. The van der Waals surface area contributed by atoms with E-state index in [1.807, 2.05) is 6.07 Å². The molecule has 0 fully saturated rings. The van der Waals surface area contributed by atoms with Crippen molar-refractivity contribution in [3.8, 4) is 51.3 Å². The number of amides is 1. The van der Waals surface area contributed by atoms with Crippen LogP contribution in [-0.2, 0) is 4.79 Å². The Morgan fingerprint density at radius 1 is 0.939 bits per heavy atom. The number of hydroxylamine groups is 1. The minimum Gasteiger partial charge on any atom is -0.493 e. The zero-order valence-electron chi connectivity index (χ0n) is 18.8. The molecule has 0 spiro atoms. The van der Waals surface area contributed by atoms with Gasteiger partial charge in [0.25, 0.3) is 0 Å². The fourth-order valence-electron chi connectivity index (χ4n) is 3.28. The van der Waals surface area contributed by atoms with E-state index in [0.29, 0.717) is 57.7 Å². The third-order valence-electron chi connectivity index (χ3n) is 4.86. The van der Waals surface area contributed by atoms with Crippen LogP contribution in [0.15, 0.2) is 41.1 Å². The maximum absolute atomic E-state index is 11.2. The van der Waals surface area contributed by atoms with Crippen LogP contribution in [0.5, 0.6) is 28.7 Å². The lowest BCUT2D eigenvalue weighted by Crippen LogP contribution is -2.18. The second-order valence-corrected chi connectivity index (χ2v) is 6.80. The minimum absolute atomic E-state index is 0.131. The van der Waals surface area contributed by atoms with Crippen LogP contribution in [0.1, 0.15) is 12.8 Å². The molecule has 3 rings (SSSR count). The van der Waals surface area contributed by atoms with Gasteiger partial charge in [-0.2, -0.15) is 0 Å². The fourth-order valence-corrected chi connectivity index (χ4v) is 3.28. The Balaban J connectivity index is 1.94. The number of carbonyl (C=O) groups is 1. The number of aromatic nitrogens is 1. The van der Waals surface area contributed by atoms with Crippen LogP contribution in [0.4, 0.5) is 0 Å².